The molecule has 0 saturated heterocycles. The van der Waals surface area contributed by atoms with Gasteiger partial charge in [0.15, 0.2) is 23.0 Å². The van der Waals surface area contributed by atoms with Gasteiger partial charge in [-0.3, -0.25) is 20.2 Å². The first-order chi connectivity index (χ1) is 15.2. The van der Waals surface area contributed by atoms with Gasteiger partial charge in [0.2, 0.25) is 0 Å². The van der Waals surface area contributed by atoms with Crippen LogP contribution in [-0.4, -0.2) is 38.3 Å². The minimum absolute atomic E-state index is 0.0654. The highest BCUT2D eigenvalue weighted by molar-refractivity contribution is 5.74. The van der Waals surface area contributed by atoms with Gasteiger partial charge in [0.1, 0.15) is 0 Å². The van der Waals surface area contributed by atoms with Crippen LogP contribution in [0.2, 0.25) is 0 Å². The normalized spacial score (nSPS) is 11.6. The van der Waals surface area contributed by atoms with Gasteiger partial charge in [-0.2, -0.15) is 0 Å². The summed E-state index contributed by atoms with van der Waals surface area (Å²) in [6.07, 6.45) is 2.52. The quantitative estimate of drug-likeness (QED) is 0.331. The second-order valence-electron chi connectivity index (χ2n) is 6.25. The lowest BCUT2D eigenvalue weighted by Crippen LogP contribution is -2.09. The molecule has 0 unspecified atom stereocenters. The van der Waals surface area contributed by atoms with Gasteiger partial charge in [0, 0.05) is 0 Å². The molecule has 0 aliphatic carbocycles. The molecule has 0 bridgehead atoms. The summed E-state index contributed by atoms with van der Waals surface area (Å²) in [5.41, 5.74) is 11.5. The van der Waals surface area contributed by atoms with Crippen molar-refractivity contribution >= 4 is 23.5 Å². The summed E-state index contributed by atoms with van der Waals surface area (Å²) in [4.78, 5) is 21.7. The van der Waals surface area contributed by atoms with E-state index >= 15 is 0 Å². The van der Waals surface area contributed by atoms with E-state index in [1.807, 2.05) is 0 Å². The predicted octanol–water partition coefficient (Wildman–Crippen LogP) is 2.84. The number of benzene rings is 2. The maximum atomic E-state index is 11.5. The van der Waals surface area contributed by atoms with E-state index in [0.29, 0.717) is 0 Å². The fourth-order valence-electron chi connectivity index (χ4n) is 2.82. The molecule has 0 aliphatic rings. The van der Waals surface area contributed by atoms with Gasteiger partial charge in [0.25, 0.3) is 11.4 Å². The van der Waals surface area contributed by atoms with Crippen molar-refractivity contribution in [2.75, 3.05) is 28.4 Å². The van der Waals surface area contributed by atoms with E-state index in [0.717, 1.165) is 0 Å². The molecule has 2 aromatic rings. The molecule has 0 radical (unpaired) electrons. The molecule has 12 heteroatoms. The van der Waals surface area contributed by atoms with Crippen molar-refractivity contribution in [1.82, 2.24) is 0 Å². The molecule has 0 aromatic heterocycles. The van der Waals surface area contributed by atoms with Gasteiger partial charge < -0.3 is 30.4 Å². The summed E-state index contributed by atoms with van der Waals surface area (Å²) in [5.74, 6) is 0.823. The number of hydrogen-bond donors (Lipinski definition) is 2. The lowest BCUT2D eigenvalue weighted by atomic mass is 10.1. The Labute approximate surface area is 182 Å². The Bertz CT molecular complexity index is 1020. The first-order valence-electron chi connectivity index (χ1n) is 8.92. The molecule has 0 aliphatic heterocycles. The maximum Gasteiger partial charge on any atom is 0.280 e. The van der Waals surface area contributed by atoms with Crippen molar-refractivity contribution in [2.45, 2.75) is 0 Å². The zero-order valence-electron chi connectivity index (χ0n) is 17.8. The van der Waals surface area contributed by atoms with Gasteiger partial charge in [-0.25, -0.2) is 0 Å². The van der Waals surface area contributed by atoms with Crippen LogP contribution in [0.5, 0.6) is 23.0 Å². The van der Waals surface area contributed by atoms with E-state index in [4.69, 9.17) is 30.4 Å². The summed E-state index contributed by atoms with van der Waals surface area (Å²) >= 11 is 0. The second kappa shape index (κ2) is 10.0. The number of methoxy groups -OCH3 is 4. The minimum atomic E-state index is -0.611. The van der Waals surface area contributed by atoms with E-state index in [-0.39, 0.29) is 56.9 Å². The Kier molecular flexibility index (Phi) is 7.45. The van der Waals surface area contributed by atoms with Gasteiger partial charge in [-0.15, -0.1) is 0 Å². The number of nitro benzene ring substituents is 2. The van der Waals surface area contributed by atoms with Crippen LogP contribution in [-0.2, 0) is 0 Å². The van der Waals surface area contributed by atoms with Crippen molar-refractivity contribution in [3.8, 4) is 23.0 Å². The fourth-order valence-corrected chi connectivity index (χ4v) is 2.82. The summed E-state index contributed by atoms with van der Waals surface area (Å²) in [7, 11) is 5.46. The Balaban J connectivity index is 2.61. The topological polar surface area (TPSA) is 175 Å². The highest BCUT2D eigenvalue weighted by atomic mass is 16.6. The van der Waals surface area contributed by atoms with E-state index in [2.05, 4.69) is 0 Å². The standard InChI is InChI=1S/C20H22N4O8/c1-29-17-7-11(15(23(25)26)9-19(17)31-3)5-13(21)14(22)6-12-8-18(30-2)20(32-4)10-16(12)24(27)28/h5-10H,21-22H2,1-4H3. The zero-order chi connectivity index (χ0) is 24.0. The van der Waals surface area contributed by atoms with Gasteiger partial charge >= 0.3 is 0 Å². The Morgan fingerprint density at radius 3 is 1.22 bits per heavy atom. The zero-order valence-corrected chi connectivity index (χ0v) is 17.8. The van der Waals surface area contributed by atoms with Crippen LogP contribution in [0, 0.1) is 20.2 Å². The third-order valence-electron chi connectivity index (χ3n) is 4.41. The molecule has 170 valence electrons. The monoisotopic (exact) mass is 446 g/mol. The summed E-state index contributed by atoms with van der Waals surface area (Å²) in [5, 5.41) is 22.9. The molecule has 32 heavy (non-hydrogen) atoms. The molecular weight excluding hydrogens is 424 g/mol. The number of nitro groups is 2. The Morgan fingerprint density at radius 2 is 0.969 bits per heavy atom. The Hall–Kier alpha value is -4.48. The Morgan fingerprint density at radius 1 is 0.688 bits per heavy atom. The van der Waals surface area contributed by atoms with Crippen LogP contribution < -0.4 is 30.4 Å². The molecule has 0 saturated carbocycles. The molecule has 2 aromatic carbocycles. The highest BCUT2D eigenvalue weighted by Gasteiger charge is 2.20. The van der Waals surface area contributed by atoms with Crippen LogP contribution >= 0.6 is 0 Å². The molecule has 2 rings (SSSR count). The fraction of sp³-hybridized carbons (Fsp3) is 0.200. The number of nitrogens with zero attached hydrogens (tertiary/aromatic N) is 2. The number of nitrogens with two attached hydrogens (primary N) is 2. The van der Waals surface area contributed by atoms with Crippen molar-refractivity contribution in [1.29, 1.82) is 0 Å². The van der Waals surface area contributed by atoms with Gasteiger partial charge in [-0.05, 0) is 24.3 Å². The highest BCUT2D eigenvalue weighted by Crippen LogP contribution is 2.37. The number of ether oxygens (including phenoxy) is 4. The lowest BCUT2D eigenvalue weighted by Gasteiger charge is -2.10. The van der Waals surface area contributed by atoms with E-state index < -0.39 is 9.85 Å². The smallest absolute Gasteiger partial charge is 0.280 e. The van der Waals surface area contributed by atoms with E-state index in [9.17, 15) is 20.2 Å². The molecule has 12 nitrogen and oxygen atoms in total. The molecule has 4 N–H and O–H groups in total. The predicted molar refractivity (Wildman–Crippen MR) is 117 cm³/mol. The second-order valence-corrected chi connectivity index (χ2v) is 6.25. The van der Waals surface area contributed by atoms with Crippen LogP contribution in [0.25, 0.3) is 12.2 Å². The number of rotatable bonds is 9. The molecule has 0 amide bonds. The average Bonchev–Trinajstić information content (AvgIpc) is 2.77. The third kappa shape index (κ3) is 4.98. The maximum absolute atomic E-state index is 11.5. The van der Waals surface area contributed by atoms with Crippen molar-refractivity contribution in [3.05, 3.63) is 67.0 Å². The molecular formula is C20H22N4O8. The first kappa shape index (κ1) is 23.8. The number of hydrogen-bond acceptors (Lipinski definition) is 10. The van der Waals surface area contributed by atoms with E-state index in [1.165, 1.54) is 64.9 Å². The molecule has 0 fully saturated rings. The van der Waals surface area contributed by atoms with E-state index in [1.54, 1.807) is 0 Å². The van der Waals surface area contributed by atoms with Crippen molar-refractivity contribution in [3.63, 3.8) is 0 Å². The van der Waals surface area contributed by atoms with Crippen LogP contribution in [0.4, 0.5) is 11.4 Å². The first-order valence-corrected chi connectivity index (χ1v) is 8.92. The van der Waals surface area contributed by atoms with Crippen molar-refractivity contribution < 1.29 is 28.8 Å². The molecule has 0 atom stereocenters. The molecule has 0 heterocycles. The van der Waals surface area contributed by atoms with Gasteiger partial charge in [0.05, 0.1) is 72.9 Å². The van der Waals surface area contributed by atoms with Crippen molar-refractivity contribution in [2.24, 2.45) is 11.5 Å². The van der Waals surface area contributed by atoms with Crippen LogP contribution in [0.1, 0.15) is 11.1 Å². The summed E-state index contributed by atoms with van der Waals surface area (Å²) in [6, 6.07) is 5.12. The molecule has 0 spiro atoms. The van der Waals surface area contributed by atoms with Gasteiger partial charge in [-0.1, -0.05) is 0 Å². The summed E-state index contributed by atoms with van der Waals surface area (Å²) < 4.78 is 20.5. The average molecular weight is 446 g/mol. The lowest BCUT2D eigenvalue weighted by molar-refractivity contribution is -0.385. The minimum Gasteiger partial charge on any atom is -0.493 e. The third-order valence-corrected chi connectivity index (χ3v) is 4.41. The van der Waals surface area contributed by atoms with Crippen LogP contribution in [0.15, 0.2) is 35.7 Å². The van der Waals surface area contributed by atoms with Crippen LogP contribution in [0.3, 0.4) is 0 Å². The largest absolute Gasteiger partial charge is 0.493 e. The SMILES string of the molecule is COc1cc(C=C(N)C(N)=Cc2cc(OC)c(OC)cc2[N+](=O)[O-])c([N+](=O)[O-])cc1OC. The summed E-state index contributed by atoms with van der Waals surface area (Å²) in [6.45, 7) is 0.